The summed E-state index contributed by atoms with van der Waals surface area (Å²) in [6, 6.07) is 1.19. The average molecular weight is 566 g/mol. The lowest BCUT2D eigenvalue weighted by atomic mass is 9.78. The van der Waals surface area contributed by atoms with Gasteiger partial charge in [-0.2, -0.15) is 13.2 Å². The van der Waals surface area contributed by atoms with Gasteiger partial charge < -0.3 is 5.11 Å². The number of halogens is 3. The predicted octanol–water partition coefficient (Wildman–Crippen LogP) is 2.45. The number of hydrazine groups is 1. The normalized spacial score (nSPS) is 30.6. The summed E-state index contributed by atoms with van der Waals surface area (Å²) < 4.78 is 45.6. The molecule has 3 unspecified atom stereocenters. The highest BCUT2D eigenvalue weighted by Gasteiger charge is 2.45. The van der Waals surface area contributed by atoms with E-state index in [9.17, 15) is 23.1 Å². The maximum Gasteiger partial charge on any atom is 0.418 e. The third-order valence-electron chi connectivity index (χ3n) is 9.55. The highest BCUT2D eigenvalue weighted by Crippen LogP contribution is 2.39. The van der Waals surface area contributed by atoms with Crippen LogP contribution in [-0.2, 0) is 12.7 Å². The molecule has 5 atom stereocenters. The van der Waals surface area contributed by atoms with Gasteiger partial charge in [-0.15, -0.1) is 0 Å². The number of likely N-dealkylation sites (tertiary alicyclic amines) is 2. The molecule has 0 bridgehead atoms. The highest BCUT2D eigenvalue weighted by atomic mass is 19.4. The van der Waals surface area contributed by atoms with Gasteiger partial charge in [0.25, 0.3) is 0 Å². The molecule has 5 heterocycles. The molecule has 3 aliphatic heterocycles. The molecule has 9 nitrogen and oxygen atoms in total. The molecule has 2 aromatic rings. The number of aromatic nitrogens is 2. The number of fused-ring (bicyclic) bond motifs is 1. The van der Waals surface area contributed by atoms with Crippen molar-refractivity contribution in [3.05, 3.63) is 40.1 Å². The molecule has 222 valence electrons. The zero-order valence-corrected chi connectivity index (χ0v) is 23.4. The number of likely N-dealkylation sites (N-methyl/N-ethyl adjacent to an activating group) is 1. The van der Waals surface area contributed by atoms with Crippen LogP contribution in [0.15, 0.2) is 23.3 Å². The summed E-state index contributed by atoms with van der Waals surface area (Å²) in [6.07, 6.45) is 3.75. The van der Waals surface area contributed by atoms with Gasteiger partial charge in [-0.25, -0.2) is 15.6 Å². The van der Waals surface area contributed by atoms with E-state index >= 15 is 0 Å². The standard InChI is InChI=1S/C28H42F3N7O2/c1-18-5-4-8-35(11-18)12-19-9-23(28(29,30)31)24-16-37(27(40)38(24)13-19)21-7-3-6-20(10-21)25(36-14-22(39)15-36)26-33-32-17-34(26)2/h9,13,16,18,20-22,25-26,32-33,39H,3-8,10-12,14-15,17H2,1-2H3/t18-,20?,21?,25-,26?/m0/s1. The molecule has 1 aliphatic carbocycles. The maximum absolute atomic E-state index is 14.3. The number of piperidine rings is 1. The van der Waals surface area contributed by atoms with Gasteiger partial charge in [0.15, 0.2) is 0 Å². The summed E-state index contributed by atoms with van der Waals surface area (Å²) in [6.45, 7) is 6.23. The molecular formula is C28H42F3N7O2. The summed E-state index contributed by atoms with van der Waals surface area (Å²) in [7, 11) is 2.05. The van der Waals surface area contributed by atoms with Crippen molar-refractivity contribution in [2.75, 3.05) is 39.9 Å². The lowest BCUT2D eigenvalue weighted by Crippen LogP contribution is -2.65. The van der Waals surface area contributed by atoms with Crippen LogP contribution in [-0.4, -0.2) is 87.0 Å². The first-order valence-corrected chi connectivity index (χ1v) is 14.7. The van der Waals surface area contributed by atoms with E-state index in [1.165, 1.54) is 16.7 Å². The molecule has 0 spiro atoms. The first kappa shape index (κ1) is 28.2. The van der Waals surface area contributed by atoms with Crippen LogP contribution < -0.4 is 16.5 Å². The van der Waals surface area contributed by atoms with Crippen molar-refractivity contribution in [3.8, 4) is 0 Å². The largest absolute Gasteiger partial charge is 0.418 e. The Morgan fingerprint density at radius 2 is 1.93 bits per heavy atom. The van der Waals surface area contributed by atoms with Gasteiger partial charge in [0.2, 0.25) is 0 Å². The number of aliphatic hydroxyl groups excluding tert-OH is 1. The summed E-state index contributed by atoms with van der Waals surface area (Å²) in [4.78, 5) is 20.4. The van der Waals surface area contributed by atoms with E-state index in [1.807, 2.05) is 7.05 Å². The molecule has 12 heteroatoms. The fourth-order valence-corrected chi connectivity index (χ4v) is 7.61. The van der Waals surface area contributed by atoms with E-state index in [2.05, 4.69) is 32.5 Å². The van der Waals surface area contributed by atoms with Gasteiger partial charge >= 0.3 is 11.9 Å². The topological polar surface area (TPSA) is 80.4 Å². The van der Waals surface area contributed by atoms with E-state index in [-0.39, 0.29) is 35.8 Å². The molecule has 0 radical (unpaired) electrons. The summed E-state index contributed by atoms with van der Waals surface area (Å²) >= 11 is 0. The van der Waals surface area contributed by atoms with Crippen LogP contribution in [0.25, 0.3) is 5.52 Å². The molecule has 3 N–H and O–H groups in total. The monoisotopic (exact) mass is 565 g/mol. The van der Waals surface area contributed by atoms with Crippen LogP contribution >= 0.6 is 0 Å². The lowest BCUT2D eigenvalue weighted by Gasteiger charge is -2.50. The summed E-state index contributed by atoms with van der Waals surface area (Å²) in [5.41, 5.74) is 5.89. The van der Waals surface area contributed by atoms with Gasteiger partial charge in [0.1, 0.15) is 0 Å². The SMILES string of the molecule is C[C@H]1CCCN(Cc2cc(C(F)(F)F)c3cn(C4CCCC([C@@H](C5NNCN5C)N5CC(O)C5)C4)c(=O)n3c2)C1. The molecule has 2 aromatic heterocycles. The number of rotatable bonds is 6. The molecule has 4 aliphatic rings. The molecule has 3 saturated heterocycles. The Labute approximate surface area is 232 Å². The van der Waals surface area contributed by atoms with E-state index in [4.69, 9.17) is 0 Å². The molecule has 0 aromatic carbocycles. The van der Waals surface area contributed by atoms with Crippen molar-refractivity contribution in [1.82, 2.24) is 34.5 Å². The average Bonchev–Trinajstić information content (AvgIpc) is 3.45. The lowest BCUT2D eigenvalue weighted by molar-refractivity contribution is -0.136. The number of nitrogens with zero attached hydrogens (tertiary/aromatic N) is 5. The minimum atomic E-state index is -4.56. The first-order chi connectivity index (χ1) is 19.1. The number of β-amino-alcohol motifs (C(OH)–C–C–N with tert-alkyl or cyclic N) is 1. The van der Waals surface area contributed by atoms with Gasteiger partial charge in [0.05, 0.1) is 30.0 Å². The van der Waals surface area contributed by atoms with Crippen LogP contribution in [0.3, 0.4) is 0 Å². The molecule has 0 amide bonds. The second-order valence-corrected chi connectivity index (χ2v) is 12.7. The molecule has 6 rings (SSSR count). The molecular weight excluding hydrogens is 523 g/mol. The van der Waals surface area contributed by atoms with Crippen LogP contribution in [0.4, 0.5) is 13.2 Å². The van der Waals surface area contributed by atoms with Crippen molar-refractivity contribution in [1.29, 1.82) is 0 Å². The minimum absolute atomic E-state index is 0.0537. The zero-order valence-electron chi connectivity index (χ0n) is 23.4. The number of hydrogen-bond acceptors (Lipinski definition) is 7. The number of imidazole rings is 1. The van der Waals surface area contributed by atoms with Gasteiger partial charge in [0, 0.05) is 50.7 Å². The molecule has 1 saturated carbocycles. The number of alkyl halides is 3. The highest BCUT2D eigenvalue weighted by molar-refractivity contribution is 5.56. The Morgan fingerprint density at radius 1 is 1.12 bits per heavy atom. The maximum atomic E-state index is 14.3. The van der Waals surface area contributed by atoms with Gasteiger partial charge in [-0.1, -0.05) is 13.3 Å². The summed E-state index contributed by atoms with van der Waals surface area (Å²) in [5, 5.41) is 10.0. The van der Waals surface area contributed by atoms with Gasteiger partial charge in [-0.3, -0.25) is 23.7 Å². The molecule has 40 heavy (non-hydrogen) atoms. The third-order valence-corrected chi connectivity index (χ3v) is 9.55. The van der Waals surface area contributed by atoms with Crippen molar-refractivity contribution in [2.24, 2.45) is 11.8 Å². The van der Waals surface area contributed by atoms with Crippen molar-refractivity contribution in [3.63, 3.8) is 0 Å². The quantitative estimate of drug-likeness (QED) is 0.497. The minimum Gasteiger partial charge on any atom is -0.390 e. The van der Waals surface area contributed by atoms with Crippen LogP contribution in [0.2, 0.25) is 0 Å². The first-order valence-electron chi connectivity index (χ1n) is 14.7. The van der Waals surface area contributed by atoms with E-state index < -0.39 is 17.4 Å². The smallest absolute Gasteiger partial charge is 0.390 e. The van der Waals surface area contributed by atoms with Crippen molar-refractivity contribution >= 4 is 5.52 Å². The predicted molar refractivity (Wildman–Crippen MR) is 145 cm³/mol. The van der Waals surface area contributed by atoms with Crippen LogP contribution in [0, 0.1) is 11.8 Å². The second kappa shape index (κ2) is 11.0. The summed E-state index contributed by atoms with van der Waals surface area (Å²) in [5.74, 6) is 0.751. The Hall–Kier alpha value is -1.96. The van der Waals surface area contributed by atoms with Crippen molar-refractivity contribution in [2.45, 2.75) is 82.5 Å². The fourth-order valence-electron chi connectivity index (χ4n) is 7.61. The van der Waals surface area contributed by atoms with Gasteiger partial charge in [-0.05, 0) is 69.2 Å². The van der Waals surface area contributed by atoms with Crippen molar-refractivity contribution < 1.29 is 18.3 Å². The van der Waals surface area contributed by atoms with Crippen LogP contribution in [0.5, 0.6) is 0 Å². The Bertz CT molecular complexity index is 1260. The number of hydrogen-bond donors (Lipinski definition) is 3. The van der Waals surface area contributed by atoms with E-state index in [1.54, 1.807) is 10.8 Å². The van der Waals surface area contributed by atoms with E-state index in [0.717, 1.165) is 45.2 Å². The fraction of sp³-hybridized carbons (Fsp3) is 0.750. The third kappa shape index (κ3) is 5.46. The second-order valence-electron chi connectivity index (χ2n) is 12.7. The van der Waals surface area contributed by atoms with Crippen LogP contribution in [0.1, 0.15) is 62.6 Å². The Balaban J connectivity index is 1.30. The zero-order chi connectivity index (χ0) is 28.2. The number of aliphatic hydroxyl groups is 1. The number of nitrogens with one attached hydrogen (secondary N) is 2. The molecule has 4 fully saturated rings. The Morgan fingerprint density at radius 3 is 2.60 bits per heavy atom. The Kier molecular flexibility index (Phi) is 7.77. The number of pyridine rings is 1. The van der Waals surface area contributed by atoms with E-state index in [0.29, 0.717) is 44.2 Å².